The van der Waals surface area contributed by atoms with Crippen molar-refractivity contribution in [2.24, 2.45) is 5.73 Å². The van der Waals surface area contributed by atoms with E-state index >= 15 is 0 Å². The number of carbonyl (C=O) groups is 2. The second-order valence-electron chi connectivity index (χ2n) is 3.97. The Morgan fingerprint density at radius 1 is 1.35 bits per heavy atom. The van der Waals surface area contributed by atoms with Crippen LogP contribution in [-0.2, 0) is 4.79 Å². The molecular weight excluding hydrogens is 326 g/mol. The smallest absolute Gasteiger partial charge is 0.272 e. The third-order valence-corrected chi connectivity index (χ3v) is 2.82. The van der Waals surface area contributed by atoms with Gasteiger partial charge in [0.2, 0.25) is 0 Å². The van der Waals surface area contributed by atoms with Gasteiger partial charge in [-0.25, -0.2) is 0 Å². The predicted octanol–water partition coefficient (Wildman–Crippen LogP) is 1.89. The number of hydrogen-bond acceptors (Lipinski definition) is 3. The van der Waals surface area contributed by atoms with E-state index in [0.29, 0.717) is 17.1 Å². The minimum Gasteiger partial charge on any atom is -0.484 e. The summed E-state index contributed by atoms with van der Waals surface area (Å²) in [6.45, 7) is -0.207. The Bertz CT molecular complexity index is 639. The third-order valence-electron chi connectivity index (χ3n) is 2.37. The molecule has 0 aliphatic rings. The number of aromatic nitrogens is 1. The summed E-state index contributed by atoms with van der Waals surface area (Å²) in [5.74, 6) is -0.382. The lowest BCUT2D eigenvalue weighted by Gasteiger charge is -2.07. The molecule has 0 radical (unpaired) electrons. The number of carbonyl (C=O) groups excluding carboxylic acids is 2. The minimum atomic E-state index is -0.560. The lowest BCUT2D eigenvalue weighted by Crippen LogP contribution is -2.20. The van der Waals surface area contributed by atoms with Crippen molar-refractivity contribution < 1.29 is 14.3 Å². The van der Waals surface area contributed by atoms with Crippen LogP contribution in [0, 0.1) is 0 Å². The molecule has 4 N–H and O–H groups in total. The Labute approximate surface area is 123 Å². The largest absolute Gasteiger partial charge is 0.484 e. The minimum absolute atomic E-state index is 0.207. The van der Waals surface area contributed by atoms with Gasteiger partial charge in [0.05, 0.1) is 0 Å². The Kier molecular flexibility index (Phi) is 4.41. The molecule has 0 saturated carbocycles. The van der Waals surface area contributed by atoms with E-state index in [0.717, 1.165) is 4.47 Å². The lowest BCUT2D eigenvalue weighted by atomic mass is 10.3. The van der Waals surface area contributed by atoms with Crippen LogP contribution in [0.3, 0.4) is 0 Å². The molecule has 0 bridgehead atoms. The molecule has 0 fully saturated rings. The zero-order valence-corrected chi connectivity index (χ0v) is 11.9. The van der Waals surface area contributed by atoms with E-state index in [1.807, 2.05) is 0 Å². The first-order valence-electron chi connectivity index (χ1n) is 5.71. The Balaban J connectivity index is 2.04. The van der Waals surface area contributed by atoms with Crippen molar-refractivity contribution in [3.63, 3.8) is 0 Å². The van der Waals surface area contributed by atoms with Crippen molar-refractivity contribution in [2.75, 3.05) is 11.9 Å². The molecular formula is C13H12BrN3O3. The number of hydrogen-bond donors (Lipinski definition) is 3. The topological polar surface area (TPSA) is 97.2 Å². The maximum Gasteiger partial charge on any atom is 0.272 e. The van der Waals surface area contributed by atoms with E-state index in [2.05, 4.69) is 26.2 Å². The van der Waals surface area contributed by atoms with Gasteiger partial charge in [0.1, 0.15) is 11.4 Å². The molecule has 1 aromatic heterocycles. The van der Waals surface area contributed by atoms with Crippen LogP contribution in [0.4, 0.5) is 5.69 Å². The van der Waals surface area contributed by atoms with E-state index in [1.165, 1.54) is 0 Å². The Morgan fingerprint density at radius 2 is 2.15 bits per heavy atom. The molecule has 0 aliphatic heterocycles. The fourth-order valence-corrected chi connectivity index (χ4v) is 1.86. The van der Waals surface area contributed by atoms with Gasteiger partial charge in [-0.05, 0) is 34.1 Å². The van der Waals surface area contributed by atoms with Crippen LogP contribution in [0.5, 0.6) is 5.75 Å². The van der Waals surface area contributed by atoms with E-state index in [1.54, 1.807) is 36.5 Å². The van der Waals surface area contributed by atoms with Crippen LogP contribution in [0.2, 0.25) is 0 Å². The van der Waals surface area contributed by atoms with E-state index in [-0.39, 0.29) is 12.5 Å². The molecule has 0 atom stereocenters. The first kappa shape index (κ1) is 14.1. The molecule has 0 spiro atoms. The predicted molar refractivity (Wildman–Crippen MR) is 77.6 cm³/mol. The fraction of sp³-hybridized carbons (Fsp3) is 0.0769. The van der Waals surface area contributed by atoms with Crippen molar-refractivity contribution in [3.05, 3.63) is 46.7 Å². The molecule has 2 amide bonds. The van der Waals surface area contributed by atoms with Crippen molar-refractivity contribution in [2.45, 2.75) is 0 Å². The highest BCUT2D eigenvalue weighted by atomic mass is 79.9. The second kappa shape index (κ2) is 6.25. The van der Waals surface area contributed by atoms with Crippen LogP contribution < -0.4 is 15.8 Å². The number of nitrogens with one attached hydrogen (secondary N) is 2. The average Bonchev–Trinajstić information content (AvgIpc) is 2.84. The number of halogens is 1. The Morgan fingerprint density at radius 3 is 2.80 bits per heavy atom. The number of amides is 2. The van der Waals surface area contributed by atoms with Gasteiger partial charge < -0.3 is 20.8 Å². The SMILES string of the molecule is NC(=O)COc1cccc(NC(=O)c2cc(Br)c[nH]2)c1. The highest BCUT2D eigenvalue weighted by Crippen LogP contribution is 2.18. The Hall–Kier alpha value is -2.28. The highest BCUT2D eigenvalue weighted by molar-refractivity contribution is 9.10. The molecule has 0 saturated heterocycles. The van der Waals surface area contributed by atoms with Gasteiger partial charge in [0.15, 0.2) is 6.61 Å². The summed E-state index contributed by atoms with van der Waals surface area (Å²) < 4.78 is 5.95. The van der Waals surface area contributed by atoms with Crippen molar-refractivity contribution in [3.8, 4) is 5.75 Å². The third kappa shape index (κ3) is 3.86. The average molecular weight is 338 g/mol. The summed E-state index contributed by atoms with van der Waals surface area (Å²) in [4.78, 5) is 25.4. The number of primary amides is 1. The summed E-state index contributed by atoms with van der Waals surface area (Å²) in [5.41, 5.74) is 5.98. The normalized spacial score (nSPS) is 10.1. The molecule has 1 aromatic carbocycles. The molecule has 0 unspecified atom stereocenters. The summed E-state index contributed by atoms with van der Waals surface area (Å²) in [7, 11) is 0. The van der Waals surface area contributed by atoms with Crippen molar-refractivity contribution >= 4 is 33.4 Å². The summed E-state index contributed by atoms with van der Waals surface area (Å²) in [6.07, 6.45) is 1.67. The number of aromatic amines is 1. The van der Waals surface area contributed by atoms with Gasteiger partial charge >= 0.3 is 0 Å². The van der Waals surface area contributed by atoms with Crippen molar-refractivity contribution in [1.29, 1.82) is 0 Å². The van der Waals surface area contributed by atoms with Crippen molar-refractivity contribution in [1.82, 2.24) is 4.98 Å². The summed E-state index contributed by atoms with van der Waals surface area (Å²) >= 11 is 3.26. The number of H-pyrrole nitrogens is 1. The highest BCUT2D eigenvalue weighted by Gasteiger charge is 2.08. The van der Waals surface area contributed by atoms with Gasteiger partial charge in [0, 0.05) is 22.4 Å². The van der Waals surface area contributed by atoms with Crippen LogP contribution >= 0.6 is 15.9 Å². The van der Waals surface area contributed by atoms with Gasteiger partial charge in [-0.15, -0.1) is 0 Å². The van der Waals surface area contributed by atoms with E-state index < -0.39 is 5.91 Å². The number of rotatable bonds is 5. The standard InChI is InChI=1S/C13H12BrN3O3/c14-8-4-11(16-6-8)13(19)17-9-2-1-3-10(5-9)20-7-12(15)18/h1-6,16H,7H2,(H2,15,18)(H,17,19). The number of ether oxygens (including phenoxy) is 1. The maximum absolute atomic E-state index is 11.9. The van der Waals surface area contributed by atoms with Gasteiger partial charge in [-0.3, -0.25) is 9.59 Å². The molecule has 2 rings (SSSR count). The number of nitrogens with two attached hydrogens (primary N) is 1. The summed E-state index contributed by atoms with van der Waals surface area (Å²) in [5, 5.41) is 2.71. The zero-order valence-electron chi connectivity index (χ0n) is 10.4. The summed E-state index contributed by atoms with van der Waals surface area (Å²) in [6, 6.07) is 8.37. The van der Waals surface area contributed by atoms with Crippen LogP contribution in [-0.4, -0.2) is 23.4 Å². The van der Waals surface area contributed by atoms with Gasteiger partial charge in [-0.1, -0.05) is 6.07 Å². The molecule has 2 aromatic rings. The maximum atomic E-state index is 11.9. The molecule has 1 heterocycles. The second-order valence-corrected chi connectivity index (χ2v) is 4.88. The van der Waals surface area contributed by atoms with Gasteiger partial charge in [-0.2, -0.15) is 0 Å². The van der Waals surface area contributed by atoms with Crippen LogP contribution in [0.25, 0.3) is 0 Å². The van der Waals surface area contributed by atoms with Crippen LogP contribution in [0.1, 0.15) is 10.5 Å². The zero-order chi connectivity index (χ0) is 14.5. The fourth-order valence-electron chi connectivity index (χ4n) is 1.52. The molecule has 6 nitrogen and oxygen atoms in total. The van der Waals surface area contributed by atoms with Crippen LogP contribution in [0.15, 0.2) is 41.0 Å². The number of benzene rings is 1. The molecule has 20 heavy (non-hydrogen) atoms. The number of anilines is 1. The van der Waals surface area contributed by atoms with E-state index in [4.69, 9.17) is 10.5 Å². The van der Waals surface area contributed by atoms with Gasteiger partial charge in [0.25, 0.3) is 11.8 Å². The lowest BCUT2D eigenvalue weighted by molar-refractivity contribution is -0.119. The first-order valence-corrected chi connectivity index (χ1v) is 6.50. The molecule has 7 heteroatoms. The van der Waals surface area contributed by atoms with E-state index in [9.17, 15) is 9.59 Å². The first-order chi connectivity index (χ1) is 9.54. The molecule has 0 aliphatic carbocycles. The molecule has 104 valence electrons. The quantitative estimate of drug-likeness (QED) is 0.777. The monoisotopic (exact) mass is 337 g/mol.